The molecule has 0 fully saturated rings. The largest absolute Gasteiger partial charge is 0.493 e. The number of ether oxygens (including phenoxy) is 2. The van der Waals surface area contributed by atoms with Crippen molar-refractivity contribution in [3.63, 3.8) is 0 Å². The molecule has 0 spiro atoms. The maximum atomic E-state index is 13.3. The highest BCUT2D eigenvalue weighted by Gasteiger charge is 2.34. The molecular formula is C22H21FN4O4. The molecule has 0 aliphatic carbocycles. The summed E-state index contributed by atoms with van der Waals surface area (Å²) in [7, 11) is 3.03. The minimum atomic E-state index is -0.843. The third kappa shape index (κ3) is 3.81. The van der Waals surface area contributed by atoms with Gasteiger partial charge in [0, 0.05) is 22.9 Å². The van der Waals surface area contributed by atoms with E-state index in [9.17, 15) is 14.0 Å². The van der Waals surface area contributed by atoms with E-state index in [1.165, 1.54) is 31.0 Å². The topological polar surface area (TPSA) is 94.5 Å². The molecule has 1 unspecified atom stereocenters. The predicted octanol–water partition coefficient (Wildman–Crippen LogP) is 3.54. The molecule has 0 bridgehead atoms. The van der Waals surface area contributed by atoms with E-state index in [2.05, 4.69) is 15.7 Å². The van der Waals surface area contributed by atoms with Crippen LogP contribution in [-0.2, 0) is 9.59 Å². The smallest absolute Gasteiger partial charge is 0.249 e. The molecule has 2 amide bonds. The first-order valence-electron chi connectivity index (χ1n) is 9.59. The van der Waals surface area contributed by atoms with Crippen LogP contribution in [0.5, 0.6) is 11.5 Å². The summed E-state index contributed by atoms with van der Waals surface area (Å²) in [6.45, 7) is 1.80. The fourth-order valence-corrected chi connectivity index (χ4v) is 3.56. The molecule has 2 aromatic carbocycles. The van der Waals surface area contributed by atoms with Crippen molar-refractivity contribution in [2.24, 2.45) is 0 Å². The number of hydrogen-bond acceptors (Lipinski definition) is 5. The summed E-state index contributed by atoms with van der Waals surface area (Å²) in [5, 5.41) is 10.2. The average molecular weight is 424 g/mol. The number of rotatable bonds is 5. The highest BCUT2D eigenvalue weighted by Crippen LogP contribution is 2.35. The normalized spacial score (nSPS) is 15.1. The molecule has 9 heteroatoms. The van der Waals surface area contributed by atoms with E-state index in [4.69, 9.17) is 9.47 Å². The molecule has 160 valence electrons. The molecule has 2 heterocycles. The van der Waals surface area contributed by atoms with E-state index in [-0.39, 0.29) is 18.1 Å². The number of nitrogens with one attached hydrogen (secondary N) is 2. The van der Waals surface area contributed by atoms with Gasteiger partial charge in [-0.05, 0) is 43.3 Å². The lowest BCUT2D eigenvalue weighted by Gasteiger charge is -2.24. The molecule has 1 atom stereocenters. The minimum Gasteiger partial charge on any atom is -0.493 e. The van der Waals surface area contributed by atoms with Crippen LogP contribution in [0, 0.1) is 12.7 Å². The molecule has 1 aliphatic heterocycles. The summed E-state index contributed by atoms with van der Waals surface area (Å²) in [5.41, 5.74) is 2.46. The third-order valence-corrected chi connectivity index (χ3v) is 5.15. The van der Waals surface area contributed by atoms with Gasteiger partial charge >= 0.3 is 0 Å². The van der Waals surface area contributed by atoms with E-state index in [0.717, 1.165) is 0 Å². The number of carbonyl (C=O) groups excluding carboxylic acids is 2. The van der Waals surface area contributed by atoms with Crippen LogP contribution >= 0.6 is 0 Å². The summed E-state index contributed by atoms with van der Waals surface area (Å²) in [6, 6.07) is 10.1. The predicted molar refractivity (Wildman–Crippen MR) is 113 cm³/mol. The Hall–Kier alpha value is -3.88. The van der Waals surface area contributed by atoms with Gasteiger partial charge in [0.25, 0.3) is 0 Å². The number of aromatic nitrogens is 2. The van der Waals surface area contributed by atoms with Crippen molar-refractivity contribution in [3.05, 3.63) is 53.8 Å². The third-order valence-electron chi connectivity index (χ3n) is 5.15. The molecule has 31 heavy (non-hydrogen) atoms. The zero-order chi connectivity index (χ0) is 22.1. The summed E-state index contributed by atoms with van der Waals surface area (Å²) < 4.78 is 25.3. The van der Waals surface area contributed by atoms with Crippen LogP contribution in [0.25, 0.3) is 11.3 Å². The van der Waals surface area contributed by atoms with Crippen LogP contribution in [0.4, 0.5) is 15.9 Å². The Bertz CT molecular complexity index is 1160. The fourth-order valence-electron chi connectivity index (χ4n) is 3.56. The number of amides is 2. The molecule has 1 aliphatic rings. The minimum absolute atomic E-state index is 0.0594. The van der Waals surface area contributed by atoms with Crippen LogP contribution < -0.4 is 20.1 Å². The highest BCUT2D eigenvalue weighted by atomic mass is 19.1. The van der Waals surface area contributed by atoms with Crippen LogP contribution in [0.15, 0.2) is 42.5 Å². The van der Waals surface area contributed by atoms with Gasteiger partial charge in [-0.25, -0.2) is 9.07 Å². The van der Waals surface area contributed by atoms with E-state index in [1.807, 2.05) is 0 Å². The summed E-state index contributed by atoms with van der Waals surface area (Å²) in [5.74, 6) is 0.418. The van der Waals surface area contributed by atoms with Crippen LogP contribution in [-0.4, -0.2) is 35.8 Å². The number of fused-ring (bicyclic) bond motifs is 1. The molecular weight excluding hydrogens is 403 g/mol. The summed E-state index contributed by atoms with van der Waals surface area (Å²) in [4.78, 5) is 25.4. The van der Waals surface area contributed by atoms with Crippen molar-refractivity contribution in [3.8, 4) is 22.8 Å². The Labute approximate surface area is 178 Å². The van der Waals surface area contributed by atoms with E-state index in [0.29, 0.717) is 39.8 Å². The van der Waals surface area contributed by atoms with Crippen molar-refractivity contribution in [1.29, 1.82) is 0 Å². The SMILES string of the molecule is COc1ccc(NC(=O)C2CC(=O)Nc3c(C)c(-c4ccc(F)cc4)nn32)cc1OC. The first kappa shape index (κ1) is 20.4. The molecule has 1 aromatic heterocycles. The first-order chi connectivity index (χ1) is 14.9. The molecule has 2 N–H and O–H groups in total. The Morgan fingerprint density at radius 2 is 1.87 bits per heavy atom. The van der Waals surface area contributed by atoms with E-state index in [1.54, 1.807) is 37.3 Å². The van der Waals surface area contributed by atoms with Crippen LogP contribution in [0.2, 0.25) is 0 Å². The van der Waals surface area contributed by atoms with E-state index >= 15 is 0 Å². The highest BCUT2D eigenvalue weighted by molar-refractivity contribution is 6.02. The molecule has 4 rings (SSSR count). The van der Waals surface area contributed by atoms with Gasteiger partial charge in [0.05, 0.1) is 26.3 Å². The number of benzene rings is 2. The van der Waals surface area contributed by atoms with Gasteiger partial charge in [-0.3, -0.25) is 9.59 Å². The first-order valence-corrected chi connectivity index (χ1v) is 9.59. The fraction of sp³-hybridized carbons (Fsp3) is 0.227. The van der Waals surface area contributed by atoms with Gasteiger partial charge in [-0.15, -0.1) is 0 Å². The molecule has 0 saturated carbocycles. The molecule has 8 nitrogen and oxygen atoms in total. The number of nitrogens with zero attached hydrogens (tertiary/aromatic N) is 2. The quantitative estimate of drug-likeness (QED) is 0.653. The van der Waals surface area contributed by atoms with Crippen molar-refractivity contribution in [1.82, 2.24) is 9.78 Å². The number of halogens is 1. The Kier molecular flexibility index (Phi) is 5.33. The monoisotopic (exact) mass is 424 g/mol. The standard InChI is InChI=1S/C22H21FN4O4/c1-12-20(13-4-6-14(23)7-5-13)26-27-16(11-19(28)25-21(12)27)22(29)24-15-8-9-17(30-2)18(10-15)31-3/h4-10,16H,11H2,1-3H3,(H,24,29)(H,25,28). The summed E-state index contributed by atoms with van der Waals surface area (Å²) in [6.07, 6.45) is -0.0594. The van der Waals surface area contributed by atoms with Gasteiger partial charge in [0.15, 0.2) is 11.5 Å². The van der Waals surface area contributed by atoms with Gasteiger partial charge in [0.2, 0.25) is 11.8 Å². The lowest BCUT2D eigenvalue weighted by Crippen LogP contribution is -2.35. The Morgan fingerprint density at radius 3 is 2.55 bits per heavy atom. The van der Waals surface area contributed by atoms with Crippen molar-refractivity contribution >= 4 is 23.3 Å². The van der Waals surface area contributed by atoms with Crippen molar-refractivity contribution < 1.29 is 23.5 Å². The van der Waals surface area contributed by atoms with Crippen molar-refractivity contribution in [2.75, 3.05) is 24.9 Å². The number of anilines is 2. The number of hydrogen-bond donors (Lipinski definition) is 2. The lowest BCUT2D eigenvalue weighted by molar-refractivity contribution is -0.125. The second-order valence-corrected chi connectivity index (χ2v) is 7.10. The van der Waals surface area contributed by atoms with Crippen LogP contribution in [0.1, 0.15) is 18.0 Å². The Balaban J connectivity index is 1.66. The van der Waals surface area contributed by atoms with Gasteiger partial charge < -0.3 is 20.1 Å². The van der Waals surface area contributed by atoms with Gasteiger partial charge in [-0.1, -0.05) is 0 Å². The zero-order valence-electron chi connectivity index (χ0n) is 17.2. The molecule has 0 radical (unpaired) electrons. The van der Waals surface area contributed by atoms with E-state index < -0.39 is 11.9 Å². The summed E-state index contributed by atoms with van der Waals surface area (Å²) >= 11 is 0. The number of methoxy groups -OCH3 is 2. The second-order valence-electron chi connectivity index (χ2n) is 7.10. The maximum absolute atomic E-state index is 13.3. The van der Waals surface area contributed by atoms with Crippen LogP contribution in [0.3, 0.4) is 0 Å². The van der Waals surface area contributed by atoms with Gasteiger partial charge in [0.1, 0.15) is 17.7 Å². The average Bonchev–Trinajstić information content (AvgIpc) is 3.10. The maximum Gasteiger partial charge on any atom is 0.249 e. The molecule has 3 aromatic rings. The lowest BCUT2D eigenvalue weighted by atomic mass is 10.1. The number of carbonyl (C=O) groups is 2. The van der Waals surface area contributed by atoms with Crippen molar-refractivity contribution in [2.45, 2.75) is 19.4 Å². The zero-order valence-corrected chi connectivity index (χ0v) is 17.2. The Morgan fingerprint density at radius 1 is 1.16 bits per heavy atom. The second kappa shape index (κ2) is 8.10. The molecule has 0 saturated heterocycles. The van der Waals surface area contributed by atoms with Gasteiger partial charge in [-0.2, -0.15) is 5.10 Å².